The molecule has 1 aromatic rings. The zero-order chi connectivity index (χ0) is 17.5. The van der Waals surface area contributed by atoms with Gasteiger partial charge in [-0.05, 0) is 31.3 Å². The van der Waals surface area contributed by atoms with Gasteiger partial charge in [-0.15, -0.1) is 0 Å². The van der Waals surface area contributed by atoms with E-state index in [4.69, 9.17) is 11.6 Å². The fourth-order valence-electron chi connectivity index (χ4n) is 2.91. The fraction of sp³-hybridized carbons (Fsp3) is 0.556. The summed E-state index contributed by atoms with van der Waals surface area (Å²) in [5.74, 6) is 0.157. The van der Waals surface area contributed by atoms with Gasteiger partial charge in [0.2, 0.25) is 5.91 Å². The van der Waals surface area contributed by atoms with E-state index in [2.05, 4.69) is 18.7 Å². The smallest absolute Gasteiger partial charge is 0.254 e. The number of hydrogen-bond donors (Lipinski definition) is 0. The van der Waals surface area contributed by atoms with Crippen molar-refractivity contribution in [2.45, 2.75) is 20.3 Å². The minimum atomic E-state index is -0.0206. The van der Waals surface area contributed by atoms with Crippen LogP contribution in [0.2, 0.25) is 5.02 Å². The monoisotopic (exact) mass is 351 g/mol. The van der Waals surface area contributed by atoms with Crippen molar-refractivity contribution in [1.82, 2.24) is 14.7 Å². The highest BCUT2D eigenvalue weighted by Crippen LogP contribution is 2.14. The van der Waals surface area contributed by atoms with Crippen LogP contribution in [-0.4, -0.2) is 72.3 Å². The van der Waals surface area contributed by atoms with Gasteiger partial charge in [0.25, 0.3) is 5.91 Å². The van der Waals surface area contributed by atoms with Crippen molar-refractivity contribution in [3.05, 3.63) is 34.9 Å². The summed E-state index contributed by atoms with van der Waals surface area (Å²) in [7, 11) is 0. The zero-order valence-electron chi connectivity index (χ0n) is 14.5. The molecule has 1 heterocycles. The normalized spacial score (nSPS) is 15.0. The number of halogens is 1. The molecule has 0 saturated carbocycles. The lowest BCUT2D eigenvalue weighted by molar-refractivity contribution is -0.133. The topological polar surface area (TPSA) is 43.9 Å². The van der Waals surface area contributed by atoms with E-state index in [0.29, 0.717) is 43.2 Å². The van der Waals surface area contributed by atoms with E-state index in [9.17, 15) is 9.59 Å². The van der Waals surface area contributed by atoms with Crippen LogP contribution in [0.4, 0.5) is 0 Å². The van der Waals surface area contributed by atoms with E-state index < -0.39 is 0 Å². The molecule has 132 valence electrons. The highest BCUT2D eigenvalue weighted by molar-refractivity contribution is 6.30. The first kappa shape index (κ1) is 18.7. The van der Waals surface area contributed by atoms with Gasteiger partial charge in [0, 0.05) is 49.7 Å². The highest BCUT2D eigenvalue weighted by Gasteiger charge is 2.24. The minimum Gasteiger partial charge on any atom is -0.339 e. The number of benzene rings is 1. The SMILES string of the molecule is CCN(CC)CCC(=O)N1CCN(C(=O)c2cccc(Cl)c2)CC1. The second-order valence-electron chi connectivity index (χ2n) is 5.96. The summed E-state index contributed by atoms with van der Waals surface area (Å²) in [5, 5.41) is 0.561. The Hall–Kier alpha value is -1.59. The average Bonchev–Trinajstić information content (AvgIpc) is 2.62. The Morgan fingerprint density at radius 3 is 2.29 bits per heavy atom. The molecule has 5 nitrogen and oxygen atoms in total. The maximum absolute atomic E-state index is 12.5. The van der Waals surface area contributed by atoms with E-state index in [1.165, 1.54) is 0 Å². The maximum Gasteiger partial charge on any atom is 0.254 e. The van der Waals surface area contributed by atoms with Crippen LogP contribution in [0.25, 0.3) is 0 Å². The lowest BCUT2D eigenvalue weighted by Crippen LogP contribution is -2.51. The fourth-order valence-corrected chi connectivity index (χ4v) is 3.11. The second-order valence-corrected chi connectivity index (χ2v) is 6.40. The molecule has 1 fully saturated rings. The van der Waals surface area contributed by atoms with Crippen LogP contribution in [0, 0.1) is 0 Å². The van der Waals surface area contributed by atoms with Crippen LogP contribution in [-0.2, 0) is 4.79 Å². The average molecular weight is 352 g/mol. The Balaban J connectivity index is 1.82. The molecule has 0 aromatic heterocycles. The third-order valence-electron chi connectivity index (χ3n) is 4.53. The number of carbonyl (C=O) groups is 2. The highest BCUT2D eigenvalue weighted by atomic mass is 35.5. The van der Waals surface area contributed by atoms with Gasteiger partial charge >= 0.3 is 0 Å². The number of amides is 2. The molecule has 6 heteroatoms. The molecule has 0 N–H and O–H groups in total. The Labute approximate surface area is 149 Å². The van der Waals surface area contributed by atoms with E-state index in [0.717, 1.165) is 19.6 Å². The number of nitrogens with zero attached hydrogens (tertiary/aromatic N) is 3. The van der Waals surface area contributed by atoms with Crippen LogP contribution in [0.5, 0.6) is 0 Å². The lowest BCUT2D eigenvalue weighted by Gasteiger charge is -2.35. The first-order valence-electron chi connectivity index (χ1n) is 8.60. The number of rotatable bonds is 6. The van der Waals surface area contributed by atoms with Crippen LogP contribution >= 0.6 is 11.6 Å². The van der Waals surface area contributed by atoms with Crippen molar-refractivity contribution in [2.24, 2.45) is 0 Å². The number of carbonyl (C=O) groups excluding carboxylic acids is 2. The molecule has 1 aromatic carbocycles. The van der Waals surface area contributed by atoms with Crippen molar-refractivity contribution in [3.8, 4) is 0 Å². The van der Waals surface area contributed by atoms with Gasteiger partial charge < -0.3 is 14.7 Å². The maximum atomic E-state index is 12.5. The summed E-state index contributed by atoms with van der Waals surface area (Å²) < 4.78 is 0. The summed E-state index contributed by atoms with van der Waals surface area (Å²) in [4.78, 5) is 30.7. The molecule has 0 spiro atoms. The summed E-state index contributed by atoms with van der Waals surface area (Å²) >= 11 is 5.95. The Morgan fingerprint density at radius 1 is 1.08 bits per heavy atom. The van der Waals surface area contributed by atoms with E-state index in [-0.39, 0.29) is 11.8 Å². The van der Waals surface area contributed by atoms with Gasteiger partial charge in [-0.25, -0.2) is 0 Å². The Kier molecular flexibility index (Phi) is 7.06. The van der Waals surface area contributed by atoms with E-state index in [1.54, 1.807) is 29.2 Å². The largest absolute Gasteiger partial charge is 0.339 e. The number of hydrogen-bond acceptors (Lipinski definition) is 3. The van der Waals surface area contributed by atoms with Crippen LogP contribution in [0.15, 0.2) is 24.3 Å². The lowest BCUT2D eigenvalue weighted by atomic mass is 10.1. The predicted octanol–water partition coefficient (Wildman–Crippen LogP) is 2.36. The van der Waals surface area contributed by atoms with Gasteiger partial charge in [-0.3, -0.25) is 9.59 Å². The third-order valence-corrected chi connectivity index (χ3v) is 4.76. The molecule has 1 aliphatic heterocycles. The van der Waals surface area contributed by atoms with Crippen LogP contribution < -0.4 is 0 Å². The molecule has 0 radical (unpaired) electrons. The molecule has 0 aliphatic carbocycles. The molecular formula is C18H26ClN3O2. The number of piperazine rings is 1. The molecule has 2 rings (SSSR count). The molecule has 0 unspecified atom stereocenters. The summed E-state index contributed by atoms with van der Waals surface area (Å²) in [6.45, 7) is 9.28. The van der Waals surface area contributed by atoms with Gasteiger partial charge in [0.15, 0.2) is 0 Å². The first-order chi connectivity index (χ1) is 11.5. The van der Waals surface area contributed by atoms with Crippen LogP contribution in [0.3, 0.4) is 0 Å². The molecule has 0 bridgehead atoms. The third kappa shape index (κ3) is 4.95. The van der Waals surface area contributed by atoms with Crippen molar-refractivity contribution in [1.29, 1.82) is 0 Å². The summed E-state index contributed by atoms with van der Waals surface area (Å²) in [5.41, 5.74) is 0.601. The van der Waals surface area contributed by atoms with Gasteiger partial charge in [-0.1, -0.05) is 31.5 Å². The van der Waals surface area contributed by atoms with Crippen molar-refractivity contribution >= 4 is 23.4 Å². The zero-order valence-corrected chi connectivity index (χ0v) is 15.3. The molecule has 24 heavy (non-hydrogen) atoms. The van der Waals surface area contributed by atoms with Crippen molar-refractivity contribution in [3.63, 3.8) is 0 Å². The molecular weight excluding hydrogens is 326 g/mol. The van der Waals surface area contributed by atoms with Gasteiger partial charge in [0.05, 0.1) is 0 Å². The van der Waals surface area contributed by atoms with E-state index in [1.807, 2.05) is 4.90 Å². The van der Waals surface area contributed by atoms with Crippen LogP contribution in [0.1, 0.15) is 30.6 Å². The first-order valence-corrected chi connectivity index (χ1v) is 8.98. The van der Waals surface area contributed by atoms with Crippen molar-refractivity contribution < 1.29 is 9.59 Å². The van der Waals surface area contributed by atoms with E-state index >= 15 is 0 Å². The molecule has 0 atom stereocenters. The Bertz CT molecular complexity index is 567. The quantitative estimate of drug-likeness (QED) is 0.790. The second kappa shape index (κ2) is 9.04. The van der Waals surface area contributed by atoms with Gasteiger partial charge in [-0.2, -0.15) is 0 Å². The summed E-state index contributed by atoms with van der Waals surface area (Å²) in [6, 6.07) is 6.99. The molecule has 1 aliphatic rings. The predicted molar refractivity (Wildman–Crippen MR) is 96.3 cm³/mol. The summed E-state index contributed by atoms with van der Waals surface area (Å²) in [6.07, 6.45) is 0.546. The molecule has 2 amide bonds. The molecule has 1 saturated heterocycles. The van der Waals surface area contributed by atoms with Crippen molar-refractivity contribution in [2.75, 3.05) is 45.8 Å². The Morgan fingerprint density at radius 2 is 1.71 bits per heavy atom. The standard InChI is InChI=1S/C18H26ClN3O2/c1-3-20(4-2)9-8-17(23)21-10-12-22(13-11-21)18(24)15-6-5-7-16(19)14-15/h5-7,14H,3-4,8-13H2,1-2H3. The minimum absolute atomic E-state index is 0.0206. The van der Waals surface area contributed by atoms with Gasteiger partial charge in [0.1, 0.15) is 0 Å².